The van der Waals surface area contributed by atoms with Crippen LogP contribution in [0.15, 0.2) is 97.1 Å². The van der Waals surface area contributed by atoms with Crippen molar-refractivity contribution in [1.29, 1.82) is 0 Å². The summed E-state index contributed by atoms with van der Waals surface area (Å²) in [6.45, 7) is 2.01. The normalized spacial score (nSPS) is 11.9. The van der Waals surface area contributed by atoms with E-state index in [1.807, 2.05) is 6.92 Å². The first-order valence-corrected chi connectivity index (χ1v) is 14.9. The maximum absolute atomic E-state index is 15.2. The molecule has 0 radical (unpaired) electrons. The molecule has 0 saturated heterocycles. The van der Waals surface area contributed by atoms with E-state index in [9.17, 15) is 26.3 Å². The number of unbranched alkanes of at least 4 members (excludes halogenated alkanes) is 2. The van der Waals surface area contributed by atoms with Crippen LogP contribution < -0.4 is 9.47 Å². The molecule has 48 heavy (non-hydrogen) atoms. The highest BCUT2D eigenvalue weighted by Gasteiger charge is 2.38. The Kier molecular flexibility index (Phi) is 10.1. The molecule has 250 valence electrons. The fourth-order valence-electron chi connectivity index (χ4n) is 5.20. The minimum atomic E-state index is -4.88. The number of halogens is 9. The Balaban J connectivity index is 1.31. The second-order valence-corrected chi connectivity index (χ2v) is 11.0. The Bertz CT molecular complexity index is 1900. The summed E-state index contributed by atoms with van der Waals surface area (Å²) in [5, 5.41) is 0. The quantitative estimate of drug-likeness (QED) is 0.103. The van der Waals surface area contributed by atoms with Crippen molar-refractivity contribution in [3.05, 3.63) is 131 Å². The van der Waals surface area contributed by atoms with Crippen LogP contribution in [0, 0.1) is 23.3 Å². The molecule has 0 aliphatic carbocycles. The highest BCUT2D eigenvalue weighted by Crippen LogP contribution is 2.37. The van der Waals surface area contributed by atoms with Crippen LogP contribution in [0.3, 0.4) is 0 Å². The van der Waals surface area contributed by atoms with Gasteiger partial charge in [-0.3, -0.25) is 0 Å². The van der Waals surface area contributed by atoms with E-state index in [0.29, 0.717) is 18.1 Å². The maximum atomic E-state index is 15.2. The van der Waals surface area contributed by atoms with E-state index in [4.69, 9.17) is 0 Å². The predicted octanol–water partition coefficient (Wildman–Crippen LogP) is 12.0. The average Bonchev–Trinajstić information content (AvgIpc) is 3.01. The lowest BCUT2D eigenvalue weighted by molar-refractivity contribution is -0.274. The molecule has 0 amide bonds. The van der Waals surface area contributed by atoms with Gasteiger partial charge in [-0.05, 0) is 83.6 Å². The lowest BCUT2D eigenvalue weighted by Gasteiger charge is -2.20. The SMILES string of the molecule is CCCCCc1ccc(C(F)(F)Oc2ccc(-c3ccc(-c4ccc(-c5ccc(OC(F)(F)F)cc5)c(F)c4)c(F)c3)c(F)c2)c(F)c1. The van der Waals surface area contributed by atoms with Crippen molar-refractivity contribution in [2.24, 2.45) is 0 Å². The number of ether oxygens (including phenoxy) is 2. The molecule has 0 saturated carbocycles. The lowest BCUT2D eigenvalue weighted by atomic mass is 9.97. The van der Waals surface area contributed by atoms with Gasteiger partial charge < -0.3 is 9.47 Å². The van der Waals surface area contributed by atoms with E-state index in [1.165, 1.54) is 42.5 Å². The second-order valence-electron chi connectivity index (χ2n) is 11.0. The summed E-state index contributed by atoms with van der Waals surface area (Å²) in [5.74, 6) is -4.83. The van der Waals surface area contributed by atoms with Gasteiger partial charge in [-0.1, -0.05) is 62.2 Å². The number of benzene rings is 5. The molecule has 5 aromatic rings. The zero-order valence-electron chi connectivity index (χ0n) is 25.3. The van der Waals surface area contributed by atoms with Gasteiger partial charge in [0.15, 0.2) is 0 Å². The zero-order valence-corrected chi connectivity index (χ0v) is 25.3. The molecular weight excluding hydrogens is 647 g/mol. The van der Waals surface area contributed by atoms with Crippen LogP contribution in [0.4, 0.5) is 39.5 Å². The van der Waals surface area contributed by atoms with E-state index >= 15 is 13.2 Å². The van der Waals surface area contributed by atoms with Crippen molar-refractivity contribution < 1.29 is 49.0 Å². The van der Waals surface area contributed by atoms with Crippen molar-refractivity contribution >= 4 is 0 Å². The summed E-state index contributed by atoms with van der Waals surface area (Å²) in [4.78, 5) is 0. The summed E-state index contributed by atoms with van der Waals surface area (Å²) < 4.78 is 135. The molecule has 0 heterocycles. The number of alkyl halides is 5. The molecule has 0 aliphatic rings. The Labute approximate surface area is 270 Å². The smallest absolute Gasteiger partial charge is 0.429 e. The first-order chi connectivity index (χ1) is 22.7. The summed E-state index contributed by atoms with van der Waals surface area (Å²) in [5.41, 5.74) is -0.114. The molecule has 0 unspecified atom stereocenters. The third-order valence-electron chi connectivity index (χ3n) is 7.56. The van der Waals surface area contributed by atoms with Crippen LogP contribution in [0.2, 0.25) is 0 Å². The van der Waals surface area contributed by atoms with Crippen molar-refractivity contribution in [3.8, 4) is 44.9 Å². The Morgan fingerprint density at radius 2 is 1.02 bits per heavy atom. The molecule has 5 rings (SSSR count). The number of hydrogen-bond acceptors (Lipinski definition) is 2. The molecule has 0 aliphatic heterocycles. The van der Waals surface area contributed by atoms with E-state index in [-0.39, 0.29) is 33.4 Å². The van der Waals surface area contributed by atoms with Crippen LogP contribution in [-0.4, -0.2) is 6.36 Å². The fraction of sp³-hybridized carbons (Fsp3) is 0.189. The van der Waals surface area contributed by atoms with E-state index in [2.05, 4.69) is 9.47 Å². The highest BCUT2D eigenvalue weighted by atomic mass is 19.4. The summed E-state index contributed by atoms with van der Waals surface area (Å²) in [6, 6.07) is 18.2. The van der Waals surface area contributed by atoms with Gasteiger partial charge in [0.25, 0.3) is 0 Å². The van der Waals surface area contributed by atoms with E-state index in [0.717, 1.165) is 67.8 Å². The largest absolute Gasteiger partial charge is 0.573 e. The van der Waals surface area contributed by atoms with Gasteiger partial charge >= 0.3 is 12.5 Å². The van der Waals surface area contributed by atoms with Crippen molar-refractivity contribution in [2.45, 2.75) is 45.1 Å². The van der Waals surface area contributed by atoms with E-state index in [1.54, 1.807) is 0 Å². The highest BCUT2D eigenvalue weighted by molar-refractivity contribution is 5.74. The maximum Gasteiger partial charge on any atom is 0.573 e. The van der Waals surface area contributed by atoms with Crippen LogP contribution in [0.5, 0.6) is 11.5 Å². The van der Waals surface area contributed by atoms with Crippen molar-refractivity contribution in [1.82, 2.24) is 0 Å². The molecule has 0 bridgehead atoms. The Morgan fingerprint density at radius 1 is 0.500 bits per heavy atom. The predicted molar refractivity (Wildman–Crippen MR) is 163 cm³/mol. The van der Waals surface area contributed by atoms with Crippen molar-refractivity contribution in [2.75, 3.05) is 0 Å². The van der Waals surface area contributed by atoms with Gasteiger partial charge in [0.05, 0.1) is 5.56 Å². The van der Waals surface area contributed by atoms with Crippen LogP contribution >= 0.6 is 0 Å². The van der Waals surface area contributed by atoms with Crippen LogP contribution in [0.25, 0.3) is 33.4 Å². The number of hydrogen-bond donors (Lipinski definition) is 0. The standard InChI is InChI=1S/C37H27F9O2/c1-2-3-4-5-22-6-17-31(35(41)18-22)36(42,43)47-27-13-16-30(34(40)21-27)25-10-15-29(33(39)20-25)24-9-14-28(32(38)19-24)23-7-11-26(12-8-23)48-37(44,45)46/h6-21H,2-5H2,1H3. The van der Waals surface area contributed by atoms with Gasteiger partial charge in [0.2, 0.25) is 0 Å². The summed E-state index contributed by atoms with van der Waals surface area (Å²) in [6.07, 6.45) is -5.78. The van der Waals surface area contributed by atoms with Gasteiger partial charge in [0.1, 0.15) is 34.8 Å². The zero-order chi connectivity index (χ0) is 34.6. The van der Waals surface area contributed by atoms with Crippen molar-refractivity contribution in [3.63, 3.8) is 0 Å². The van der Waals surface area contributed by atoms with Gasteiger partial charge in [-0.15, -0.1) is 13.2 Å². The van der Waals surface area contributed by atoms with Crippen LogP contribution in [-0.2, 0) is 12.5 Å². The minimum absolute atomic E-state index is 0.0310. The monoisotopic (exact) mass is 674 g/mol. The Morgan fingerprint density at radius 3 is 1.54 bits per heavy atom. The molecule has 5 aromatic carbocycles. The number of aryl methyl sites for hydroxylation is 1. The molecule has 0 N–H and O–H groups in total. The van der Waals surface area contributed by atoms with Gasteiger partial charge in [0, 0.05) is 22.8 Å². The molecule has 0 aromatic heterocycles. The first kappa shape index (κ1) is 34.4. The lowest BCUT2D eigenvalue weighted by Crippen LogP contribution is -2.23. The Hall–Kier alpha value is -4.93. The van der Waals surface area contributed by atoms with E-state index < -0.39 is 52.8 Å². The molecule has 0 spiro atoms. The summed E-state index contributed by atoms with van der Waals surface area (Å²) >= 11 is 0. The fourth-order valence-corrected chi connectivity index (χ4v) is 5.20. The van der Waals surface area contributed by atoms with Gasteiger partial charge in [-0.2, -0.15) is 8.78 Å². The van der Waals surface area contributed by atoms with Gasteiger partial charge in [-0.25, -0.2) is 17.6 Å². The average molecular weight is 675 g/mol. The molecular formula is C37H27F9O2. The molecule has 11 heteroatoms. The van der Waals surface area contributed by atoms with Crippen LogP contribution in [0.1, 0.15) is 37.3 Å². The third-order valence-corrected chi connectivity index (χ3v) is 7.56. The second kappa shape index (κ2) is 14.0. The molecule has 0 atom stereocenters. The summed E-state index contributed by atoms with van der Waals surface area (Å²) in [7, 11) is 0. The molecule has 2 nitrogen and oxygen atoms in total. The third kappa shape index (κ3) is 8.13. The topological polar surface area (TPSA) is 18.5 Å². The first-order valence-electron chi connectivity index (χ1n) is 14.9. The molecule has 0 fully saturated rings. The number of rotatable bonds is 11. The minimum Gasteiger partial charge on any atom is -0.429 e.